The van der Waals surface area contributed by atoms with Gasteiger partial charge in [0.25, 0.3) is 0 Å². The van der Waals surface area contributed by atoms with Crippen molar-refractivity contribution in [1.29, 1.82) is 0 Å². The number of aromatic amines is 2. The van der Waals surface area contributed by atoms with E-state index in [9.17, 15) is 9.59 Å². The molecule has 0 saturated carbocycles. The Balaban J connectivity index is 0.00000464. The minimum absolute atomic E-state index is 0. The number of aromatic nitrogens is 2. The van der Waals surface area contributed by atoms with Crippen LogP contribution in [0.5, 0.6) is 11.5 Å². The highest BCUT2D eigenvalue weighted by molar-refractivity contribution is 6.35. The first-order chi connectivity index (χ1) is 24.8. The molecule has 272 valence electrons. The molecule has 3 aliphatic heterocycles. The zero-order valence-electron chi connectivity index (χ0n) is 28.8. The van der Waals surface area contributed by atoms with Crippen LogP contribution in [-0.4, -0.2) is 67.4 Å². The number of hydrogen-bond donors (Lipinski definition) is 1. The number of amides is 1. The second-order valence-corrected chi connectivity index (χ2v) is 13.7. The predicted octanol–water partition coefficient (Wildman–Crippen LogP) is 7.51. The van der Waals surface area contributed by atoms with Gasteiger partial charge >= 0.3 is 12.1 Å². The van der Waals surface area contributed by atoms with E-state index in [0.717, 1.165) is 54.6 Å². The summed E-state index contributed by atoms with van der Waals surface area (Å²) in [4.78, 5) is 37.8. The normalized spacial score (nSPS) is 18.3. The number of anilines is 1. The number of hydrogen-bond acceptors (Lipinski definition) is 8. The molecule has 52 heavy (non-hydrogen) atoms. The molecule has 3 N–H and O–H groups in total. The van der Waals surface area contributed by atoms with Crippen molar-refractivity contribution in [2.75, 3.05) is 38.8 Å². The Kier molecular flexibility index (Phi) is 11.6. The largest absolute Gasteiger partial charge is 0.870 e. The van der Waals surface area contributed by atoms with Crippen LogP contribution >= 0.6 is 23.2 Å². The Morgan fingerprint density at radius 2 is 1.69 bits per heavy atom. The summed E-state index contributed by atoms with van der Waals surface area (Å²) in [5, 5.41) is 1.83. The van der Waals surface area contributed by atoms with Crippen molar-refractivity contribution in [2.24, 2.45) is 5.92 Å². The maximum absolute atomic E-state index is 13.9. The monoisotopic (exact) mass is 746 g/mol. The van der Waals surface area contributed by atoms with Gasteiger partial charge in [-0.1, -0.05) is 53.5 Å². The van der Waals surface area contributed by atoms with Crippen LogP contribution in [0.1, 0.15) is 46.0 Å². The Morgan fingerprint density at radius 3 is 2.37 bits per heavy atom. The van der Waals surface area contributed by atoms with Crippen LogP contribution in [0.25, 0.3) is 10.9 Å². The number of nitrogens with zero attached hydrogens (tertiary/aromatic N) is 2. The summed E-state index contributed by atoms with van der Waals surface area (Å²) >= 11 is 13.0. The van der Waals surface area contributed by atoms with Crippen molar-refractivity contribution >= 4 is 51.9 Å². The van der Waals surface area contributed by atoms with E-state index in [1.165, 1.54) is 0 Å². The molecular formula is C39H40Cl2N4O7. The Bertz CT molecular complexity index is 2010. The number of ether oxygens (including phenoxy) is 4. The second-order valence-electron chi connectivity index (χ2n) is 12.9. The lowest BCUT2D eigenvalue weighted by Crippen LogP contribution is -2.53. The van der Waals surface area contributed by atoms with Gasteiger partial charge in [-0.25, -0.2) is 14.6 Å². The van der Waals surface area contributed by atoms with E-state index < -0.39 is 18.2 Å². The molecule has 3 aliphatic rings. The molecule has 2 aromatic heterocycles. The smallest absolute Gasteiger partial charge is 0.414 e. The van der Waals surface area contributed by atoms with Gasteiger partial charge in [0.15, 0.2) is 23.9 Å². The minimum Gasteiger partial charge on any atom is -0.870 e. The molecule has 3 fully saturated rings. The lowest BCUT2D eigenvalue weighted by Gasteiger charge is -2.44. The fraction of sp³-hybridized carbons (Fsp3) is 0.308. The van der Waals surface area contributed by atoms with Crippen LogP contribution in [0.3, 0.4) is 0 Å². The summed E-state index contributed by atoms with van der Waals surface area (Å²) in [6.07, 6.45) is 6.12. The fourth-order valence-electron chi connectivity index (χ4n) is 7.04. The van der Waals surface area contributed by atoms with Gasteiger partial charge in [0.2, 0.25) is 0 Å². The number of esters is 1. The summed E-state index contributed by atoms with van der Waals surface area (Å²) in [6, 6.07) is 20.2. The maximum atomic E-state index is 13.9. The third-order valence-corrected chi connectivity index (χ3v) is 10.5. The van der Waals surface area contributed by atoms with E-state index in [2.05, 4.69) is 14.9 Å². The number of halogens is 2. The van der Waals surface area contributed by atoms with Gasteiger partial charge in [0, 0.05) is 30.1 Å². The molecular weight excluding hydrogens is 707 g/mol. The van der Waals surface area contributed by atoms with Crippen LogP contribution < -0.4 is 19.4 Å². The van der Waals surface area contributed by atoms with Crippen LogP contribution in [0.15, 0.2) is 85.3 Å². The summed E-state index contributed by atoms with van der Waals surface area (Å²) in [7, 11) is 3.10. The first kappa shape index (κ1) is 37.0. The topological polar surface area (TPSA) is 137 Å². The highest BCUT2D eigenvalue weighted by Gasteiger charge is 2.37. The van der Waals surface area contributed by atoms with Crippen LogP contribution in [0, 0.1) is 5.92 Å². The number of piperidine rings is 3. The van der Waals surface area contributed by atoms with Gasteiger partial charge < -0.3 is 29.4 Å². The lowest BCUT2D eigenvalue weighted by molar-refractivity contribution is -0.377. The molecule has 13 heteroatoms. The number of pyridine rings is 1. The molecule has 0 aliphatic carbocycles. The number of rotatable bonds is 11. The predicted molar refractivity (Wildman–Crippen MR) is 197 cm³/mol. The molecule has 0 spiro atoms. The summed E-state index contributed by atoms with van der Waals surface area (Å²) < 4.78 is 23.3. The highest BCUT2D eigenvalue weighted by atomic mass is 35.5. The van der Waals surface area contributed by atoms with Gasteiger partial charge in [0.05, 0.1) is 37.5 Å². The molecule has 0 unspecified atom stereocenters. The molecule has 11 nitrogen and oxygen atoms in total. The molecule has 1 amide bonds. The number of methoxy groups -OCH3 is 2. The van der Waals surface area contributed by atoms with Crippen molar-refractivity contribution in [3.05, 3.63) is 118 Å². The molecule has 5 heterocycles. The van der Waals surface area contributed by atoms with E-state index >= 15 is 0 Å². The van der Waals surface area contributed by atoms with Crippen molar-refractivity contribution in [2.45, 2.75) is 38.0 Å². The number of fused-ring (bicyclic) bond motifs is 4. The van der Waals surface area contributed by atoms with Crippen molar-refractivity contribution < 1.29 is 39.0 Å². The quantitative estimate of drug-likeness (QED) is 0.137. The Labute approximate surface area is 311 Å². The summed E-state index contributed by atoms with van der Waals surface area (Å²) in [6.45, 7) is 3.11. The molecule has 2 atom stereocenters. The van der Waals surface area contributed by atoms with Crippen molar-refractivity contribution in [3.8, 4) is 11.5 Å². The van der Waals surface area contributed by atoms with Crippen LogP contribution in [0.2, 0.25) is 10.0 Å². The number of carbonyl (C=O) groups excluding carboxylic acids is 2. The van der Waals surface area contributed by atoms with Crippen molar-refractivity contribution in [1.82, 2.24) is 9.88 Å². The number of nitrogens with one attached hydrogen (secondary N) is 2. The molecule has 2 bridgehead atoms. The Hall–Kier alpha value is -4.81. The lowest BCUT2D eigenvalue weighted by atomic mass is 9.86. The molecule has 0 radical (unpaired) electrons. The van der Waals surface area contributed by atoms with Gasteiger partial charge in [-0.2, -0.15) is 0 Å². The fourth-order valence-corrected chi connectivity index (χ4v) is 7.57. The molecule has 3 saturated heterocycles. The van der Waals surface area contributed by atoms with Crippen LogP contribution in [0.4, 0.5) is 10.5 Å². The van der Waals surface area contributed by atoms with Crippen LogP contribution in [-0.2, 0) is 22.4 Å². The zero-order valence-corrected chi connectivity index (χ0v) is 30.3. The second kappa shape index (κ2) is 16.2. The third kappa shape index (κ3) is 7.83. The highest BCUT2D eigenvalue weighted by Crippen LogP contribution is 2.36. The zero-order chi connectivity index (χ0) is 35.5. The van der Waals surface area contributed by atoms with Gasteiger partial charge in [-0.05, 0) is 79.4 Å². The first-order valence-electron chi connectivity index (χ1n) is 16.9. The van der Waals surface area contributed by atoms with E-state index in [0.29, 0.717) is 44.2 Å². The van der Waals surface area contributed by atoms with Gasteiger partial charge in [-0.3, -0.25) is 9.80 Å². The number of carbonyl (C=O) groups is 2. The van der Waals surface area contributed by atoms with Gasteiger partial charge in [0.1, 0.15) is 22.3 Å². The number of para-hydroxylation sites is 1. The van der Waals surface area contributed by atoms with Gasteiger partial charge in [-0.15, -0.1) is 0 Å². The summed E-state index contributed by atoms with van der Waals surface area (Å²) in [5.74, 6) is 0.875. The molecule has 5 aromatic rings. The Morgan fingerprint density at radius 1 is 0.962 bits per heavy atom. The minimum atomic E-state index is -0.757. The van der Waals surface area contributed by atoms with E-state index in [4.69, 9.17) is 42.1 Å². The number of H-pyrrole nitrogens is 2. The SMILES string of the molecule is COc1ccc([C@H](Cc2c(Cl)c[nH+]cc2Cl)OC(=O)c2ccc(CN(C(=O)O[C@H]3CN4CCC3CC4)c3cccc4cc[nH]c34)cc2)cc1OC.[OH-]. The molecule has 8 rings (SSSR count). The molecule has 3 aromatic carbocycles. The standard InChI is InChI=1S/C39H38Cl2N4O6.H2O/c1-48-33-11-10-28(18-35(33)49-2)34(19-29-30(40)20-42-21-31(29)41)50-38(46)27-8-6-24(7-9-27)22-45(32-5-3-4-26-12-15-43-37(26)32)39(47)51-36-23-44-16-13-25(36)14-17-44;/h3-12,15,18,20-21,25,34,36,43H,13-14,16-17,19,22-23H2,1-2H3;1H2/t34-,36-;/m0./s1. The van der Waals surface area contributed by atoms with E-state index in [1.54, 1.807) is 55.8 Å². The average molecular weight is 748 g/mol. The van der Waals surface area contributed by atoms with E-state index in [1.807, 2.05) is 48.7 Å². The van der Waals surface area contributed by atoms with E-state index in [-0.39, 0.29) is 24.5 Å². The van der Waals surface area contributed by atoms with Crippen molar-refractivity contribution in [3.63, 3.8) is 0 Å². The third-order valence-electron chi connectivity index (χ3n) is 9.87. The first-order valence-corrected chi connectivity index (χ1v) is 17.7. The maximum Gasteiger partial charge on any atom is 0.414 e. The summed E-state index contributed by atoms with van der Waals surface area (Å²) in [5.41, 5.74) is 4.03. The average Bonchev–Trinajstić information content (AvgIpc) is 3.65. The number of benzene rings is 3.